The predicted octanol–water partition coefficient (Wildman–Crippen LogP) is 1.07. The molecule has 0 aromatic carbocycles. The summed E-state index contributed by atoms with van der Waals surface area (Å²) < 4.78 is 10.6. The SMILES string of the molecule is CCOC(=O)C1C2CN(C)C(=S)N2CCN1C(=O)OC(C)(C)C. The van der Waals surface area contributed by atoms with Gasteiger partial charge in [0.15, 0.2) is 11.2 Å². The quantitative estimate of drug-likeness (QED) is 0.549. The molecule has 7 nitrogen and oxygen atoms in total. The number of likely N-dealkylation sites (N-methyl/N-ethyl adjacent to an activating group) is 1. The van der Waals surface area contributed by atoms with E-state index in [1.165, 1.54) is 4.90 Å². The third-order valence-corrected chi connectivity index (χ3v) is 4.42. The zero-order chi connectivity index (χ0) is 17.4. The molecule has 8 heteroatoms. The number of esters is 1. The molecule has 2 fully saturated rings. The molecule has 0 spiro atoms. The number of fused-ring (bicyclic) bond motifs is 1. The average Bonchev–Trinajstić information content (AvgIpc) is 2.71. The van der Waals surface area contributed by atoms with Crippen LogP contribution < -0.4 is 0 Å². The van der Waals surface area contributed by atoms with Crippen LogP contribution in [0.3, 0.4) is 0 Å². The highest BCUT2D eigenvalue weighted by Gasteiger charge is 2.49. The highest BCUT2D eigenvalue weighted by molar-refractivity contribution is 7.80. The van der Waals surface area contributed by atoms with E-state index in [1.807, 2.05) is 16.8 Å². The maximum atomic E-state index is 12.5. The maximum Gasteiger partial charge on any atom is 0.411 e. The second-order valence-corrected chi connectivity index (χ2v) is 7.16. The van der Waals surface area contributed by atoms with Crippen LogP contribution in [0.1, 0.15) is 27.7 Å². The lowest BCUT2D eigenvalue weighted by atomic mass is 10.0. The molecule has 130 valence electrons. The maximum absolute atomic E-state index is 12.5. The molecule has 23 heavy (non-hydrogen) atoms. The lowest BCUT2D eigenvalue weighted by molar-refractivity contribution is -0.153. The fourth-order valence-electron chi connectivity index (χ4n) is 2.95. The number of carbonyl (C=O) groups is 2. The summed E-state index contributed by atoms with van der Waals surface area (Å²) >= 11 is 5.40. The number of carbonyl (C=O) groups excluding carboxylic acids is 2. The van der Waals surface area contributed by atoms with Crippen molar-refractivity contribution in [2.75, 3.05) is 33.3 Å². The minimum Gasteiger partial charge on any atom is -0.464 e. The Morgan fingerprint density at radius 3 is 2.52 bits per heavy atom. The Balaban J connectivity index is 2.26. The standard InChI is InChI=1S/C15H25N3O4S/c1-6-21-12(19)11-10-9-16(5)13(23)17(10)7-8-18(11)14(20)22-15(2,3)4/h10-11H,6-9H2,1-5H3. The van der Waals surface area contributed by atoms with Gasteiger partial charge in [-0.3, -0.25) is 4.90 Å². The normalized spacial score (nSPS) is 24.6. The fraction of sp³-hybridized carbons (Fsp3) is 0.800. The first-order chi connectivity index (χ1) is 10.7. The van der Waals surface area contributed by atoms with Crippen molar-refractivity contribution >= 4 is 29.4 Å². The predicted molar refractivity (Wildman–Crippen MR) is 89.1 cm³/mol. The number of piperazine rings is 1. The molecule has 0 aromatic heterocycles. The molecule has 0 bridgehead atoms. The van der Waals surface area contributed by atoms with E-state index >= 15 is 0 Å². The number of thiocarbonyl (C=S) groups is 1. The molecule has 2 atom stereocenters. The van der Waals surface area contributed by atoms with Gasteiger partial charge in [-0.15, -0.1) is 0 Å². The molecule has 0 aromatic rings. The third kappa shape index (κ3) is 3.68. The molecule has 1 amide bonds. The monoisotopic (exact) mass is 343 g/mol. The van der Waals surface area contributed by atoms with Crippen molar-refractivity contribution in [3.05, 3.63) is 0 Å². The average molecular weight is 343 g/mol. The summed E-state index contributed by atoms with van der Waals surface area (Å²) in [6.07, 6.45) is -0.490. The first-order valence-corrected chi connectivity index (χ1v) is 8.24. The number of hydrogen-bond acceptors (Lipinski definition) is 5. The van der Waals surface area contributed by atoms with Crippen LogP contribution in [-0.4, -0.2) is 82.8 Å². The van der Waals surface area contributed by atoms with Gasteiger partial charge in [0.1, 0.15) is 5.60 Å². The van der Waals surface area contributed by atoms with E-state index in [0.29, 0.717) is 24.7 Å². The van der Waals surface area contributed by atoms with Crippen LogP contribution in [0.4, 0.5) is 4.79 Å². The van der Waals surface area contributed by atoms with Gasteiger partial charge in [-0.1, -0.05) is 0 Å². The van der Waals surface area contributed by atoms with Crippen LogP contribution in [0, 0.1) is 0 Å². The summed E-state index contributed by atoms with van der Waals surface area (Å²) in [7, 11) is 1.89. The van der Waals surface area contributed by atoms with E-state index in [2.05, 4.69) is 0 Å². The van der Waals surface area contributed by atoms with E-state index in [0.717, 1.165) is 0 Å². The van der Waals surface area contributed by atoms with Gasteiger partial charge in [0.25, 0.3) is 0 Å². The number of hydrogen-bond donors (Lipinski definition) is 0. The third-order valence-electron chi connectivity index (χ3n) is 3.87. The van der Waals surface area contributed by atoms with Crippen LogP contribution in [0.15, 0.2) is 0 Å². The van der Waals surface area contributed by atoms with E-state index < -0.39 is 23.7 Å². The summed E-state index contributed by atoms with van der Waals surface area (Å²) in [5.41, 5.74) is -0.616. The van der Waals surface area contributed by atoms with Crippen LogP contribution in [0.2, 0.25) is 0 Å². The van der Waals surface area contributed by atoms with Crippen molar-refractivity contribution in [2.24, 2.45) is 0 Å². The van der Waals surface area contributed by atoms with Gasteiger partial charge >= 0.3 is 12.1 Å². The van der Waals surface area contributed by atoms with Crippen molar-refractivity contribution in [3.63, 3.8) is 0 Å². The highest BCUT2D eigenvalue weighted by Crippen LogP contribution is 2.27. The summed E-state index contributed by atoms with van der Waals surface area (Å²) in [6.45, 7) is 8.98. The summed E-state index contributed by atoms with van der Waals surface area (Å²) in [6, 6.07) is -0.908. The van der Waals surface area contributed by atoms with Gasteiger partial charge < -0.3 is 19.3 Å². The molecule has 2 aliphatic rings. The summed E-state index contributed by atoms with van der Waals surface area (Å²) in [4.78, 5) is 30.4. The highest BCUT2D eigenvalue weighted by atomic mass is 32.1. The zero-order valence-corrected chi connectivity index (χ0v) is 15.2. The van der Waals surface area contributed by atoms with Gasteiger partial charge in [0.05, 0.1) is 12.6 Å². The first-order valence-electron chi connectivity index (χ1n) is 7.83. The van der Waals surface area contributed by atoms with Gasteiger partial charge in [-0.05, 0) is 39.9 Å². The van der Waals surface area contributed by atoms with Crippen LogP contribution in [0.5, 0.6) is 0 Å². The second kappa shape index (κ2) is 6.51. The molecule has 2 saturated heterocycles. The van der Waals surface area contributed by atoms with Gasteiger partial charge in [-0.2, -0.15) is 0 Å². The number of ether oxygens (including phenoxy) is 2. The van der Waals surface area contributed by atoms with E-state index in [9.17, 15) is 9.59 Å². The minimum atomic E-state index is -0.707. The van der Waals surface area contributed by atoms with Gasteiger partial charge in [0, 0.05) is 26.7 Å². The van der Waals surface area contributed by atoms with Crippen molar-refractivity contribution in [1.29, 1.82) is 0 Å². The Hall–Kier alpha value is -1.57. The molecule has 2 heterocycles. The van der Waals surface area contributed by atoms with Crippen LogP contribution >= 0.6 is 12.2 Å². The molecule has 2 aliphatic heterocycles. The molecular formula is C15H25N3O4S. The fourth-order valence-corrected chi connectivity index (χ4v) is 3.25. The molecule has 0 N–H and O–H groups in total. The minimum absolute atomic E-state index is 0.201. The van der Waals surface area contributed by atoms with E-state index in [1.54, 1.807) is 27.7 Å². The zero-order valence-electron chi connectivity index (χ0n) is 14.4. The second-order valence-electron chi connectivity index (χ2n) is 6.79. The van der Waals surface area contributed by atoms with Crippen LogP contribution in [-0.2, 0) is 14.3 Å². The first kappa shape index (κ1) is 17.8. The van der Waals surface area contributed by atoms with Crippen molar-refractivity contribution in [1.82, 2.24) is 14.7 Å². The largest absolute Gasteiger partial charge is 0.464 e. The lowest BCUT2D eigenvalue weighted by Gasteiger charge is -2.42. The lowest BCUT2D eigenvalue weighted by Crippen LogP contribution is -2.64. The Morgan fingerprint density at radius 1 is 1.30 bits per heavy atom. The molecular weight excluding hydrogens is 318 g/mol. The summed E-state index contributed by atoms with van der Waals surface area (Å²) in [5.74, 6) is -0.411. The van der Waals surface area contributed by atoms with Crippen molar-refractivity contribution in [2.45, 2.75) is 45.4 Å². The van der Waals surface area contributed by atoms with Crippen LogP contribution in [0.25, 0.3) is 0 Å². The van der Waals surface area contributed by atoms with E-state index in [4.69, 9.17) is 21.7 Å². The molecule has 0 radical (unpaired) electrons. The molecule has 0 aliphatic carbocycles. The topological polar surface area (TPSA) is 62.3 Å². The van der Waals surface area contributed by atoms with Crippen molar-refractivity contribution < 1.29 is 19.1 Å². The number of nitrogens with zero attached hydrogens (tertiary/aromatic N) is 3. The molecule has 2 unspecified atom stereocenters. The number of rotatable bonds is 2. The molecule has 0 saturated carbocycles. The van der Waals surface area contributed by atoms with Crippen molar-refractivity contribution in [3.8, 4) is 0 Å². The molecule has 2 rings (SSSR count). The summed E-state index contributed by atoms with van der Waals surface area (Å²) in [5, 5.41) is 0.702. The Bertz CT molecular complexity index is 505. The Labute approximate surface area is 142 Å². The Kier molecular flexibility index (Phi) is 5.03. The van der Waals surface area contributed by atoms with E-state index in [-0.39, 0.29) is 12.6 Å². The van der Waals surface area contributed by atoms with Gasteiger partial charge in [0.2, 0.25) is 0 Å². The number of amides is 1. The smallest absolute Gasteiger partial charge is 0.411 e. The Morgan fingerprint density at radius 2 is 1.96 bits per heavy atom. The van der Waals surface area contributed by atoms with Gasteiger partial charge in [-0.25, -0.2) is 9.59 Å².